The van der Waals surface area contributed by atoms with Crippen molar-refractivity contribution in [3.05, 3.63) is 0 Å². The molecule has 0 bridgehead atoms. The lowest BCUT2D eigenvalue weighted by Gasteiger charge is -2.23. The minimum absolute atomic E-state index is 0.00175. The molecule has 4 atom stereocenters. The highest BCUT2D eigenvalue weighted by atomic mass is 16.5. The maximum absolute atomic E-state index is 12.0. The van der Waals surface area contributed by atoms with Crippen molar-refractivity contribution in [3.63, 3.8) is 0 Å². The van der Waals surface area contributed by atoms with Crippen molar-refractivity contribution in [1.29, 1.82) is 0 Å². The fourth-order valence-corrected chi connectivity index (χ4v) is 2.83. The summed E-state index contributed by atoms with van der Waals surface area (Å²) in [5.41, 5.74) is 0. The number of hydrogen-bond donors (Lipinski definition) is 2. The van der Waals surface area contributed by atoms with Gasteiger partial charge in [0.05, 0.1) is 18.2 Å². The molecule has 2 N–H and O–H groups in total. The van der Waals surface area contributed by atoms with Gasteiger partial charge in [-0.3, -0.25) is 4.79 Å². The third-order valence-corrected chi connectivity index (χ3v) is 3.90. The van der Waals surface area contributed by atoms with E-state index in [2.05, 4.69) is 17.6 Å². The fourth-order valence-electron chi connectivity index (χ4n) is 2.83. The Morgan fingerprint density at radius 2 is 2.19 bits per heavy atom. The van der Waals surface area contributed by atoms with E-state index < -0.39 is 0 Å². The average molecular weight is 226 g/mol. The first-order valence-electron chi connectivity index (χ1n) is 6.29. The lowest BCUT2D eigenvalue weighted by Crippen LogP contribution is -2.49. The molecule has 1 heterocycles. The predicted molar refractivity (Wildman–Crippen MR) is 62.2 cm³/mol. The number of carbonyl (C=O) groups is 1. The Bertz CT molecular complexity index is 257. The maximum atomic E-state index is 12.0. The van der Waals surface area contributed by atoms with E-state index in [1.54, 1.807) is 7.11 Å². The molecule has 4 heteroatoms. The molecule has 4 nitrogen and oxygen atoms in total. The second-order valence-electron chi connectivity index (χ2n) is 5.02. The number of nitrogens with one attached hydrogen (secondary N) is 2. The molecule has 2 aliphatic rings. The number of methoxy groups -OCH3 is 1. The fraction of sp³-hybridized carbons (Fsp3) is 0.917. The zero-order valence-electron chi connectivity index (χ0n) is 10.2. The quantitative estimate of drug-likeness (QED) is 0.743. The lowest BCUT2D eigenvalue weighted by atomic mass is 10.0. The first kappa shape index (κ1) is 11.9. The highest BCUT2D eigenvalue weighted by Crippen LogP contribution is 2.22. The molecule has 16 heavy (non-hydrogen) atoms. The van der Waals surface area contributed by atoms with E-state index >= 15 is 0 Å². The van der Waals surface area contributed by atoms with Gasteiger partial charge in [-0.2, -0.15) is 0 Å². The zero-order chi connectivity index (χ0) is 11.5. The van der Waals surface area contributed by atoms with Crippen LogP contribution in [0.5, 0.6) is 0 Å². The van der Waals surface area contributed by atoms with Gasteiger partial charge in [0.2, 0.25) is 5.91 Å². The summed E-state index contributed by atoms with van der Waals surface area (Å²) in [4.78, 5) is 12.0. The Morgan fingerprint density at radius 1 is 1.38 bits per heavy atom. The SMILES string of the molecule is COC1CCCC1NC(=O)C1NCCC1C. The van der Waals surface area contributed by atoms with Gasteiger partial charge in [-0.05, 0) is 38.1 Å². The first-order valence-corrected chi connectivity index (χ1v) is 6.29. The normalized spacial score (nSPS) is 38.9. The third-order valence-electron chi connectivity index (χ3n) is 3.90. The summed E-state index contributed by atoms with van der Waals surface area (Å²) in [5, 5.41) is 6.39. The molecular formula is C12H22N2O2. The van der Waals surface area contributed by atoms with E-state index in [9.17, 15) is 4.79 Å². The van der Waals surface area contributed by atoms with Crippen LogP contribution in [0.4, 0.5) is 0 Å². The molecule has 1 amide bonds. The number of ether oxygens (including phenoxy) is 1. The summed E-state index contributed by atoms with van der Waals surface area (Å²) in [5.74, 6) is 0.598. The van der Waals surface area contributed by atoms with Crippen molar-refractivity contribution >= 4 is 5.91 Å². The summed E-state index contributed by atoms with van der Waals surface area (Å²) in [6.07, 6.45) is 4.56. The molecule has 0 radical (unpaired) electrons. The Hall–Kier alpha value is -0.610. The van der Waals surface area contributed by atoms with Crippen LogP contribution in [0.2, 0.25) is 0 Å². The minimum atomic E-state index is -0.00175. The van der Waals surface area contributed by atoms with Crippen LogP contribution in [0.25, 0.3) is 0 Å². The van der Waals surface area contributed by atoms with Crippen LogP contribution in [0.1, 0.15) is 32.6 Å². The van der Waals surface area contributed by atoms with Crippen molar-refractivity contribution < 1.29 is 9.53 Å². The van der Waals surface area contributed by atoms with Crippen molar-refractivity contribution in [2.24, 2.45) is 5.92 Å². The third kappa shape index (κ3) is 2.38. The highest BCUT2D eigenvalue weighted by molar-refractivity contribution is 5.82. The molecule has 2 fully saturated rings. The van der Waals surface area contributed by atoms with E-state index in [1.807, 2.05) is 0 Å². The summed E-state index contributed by atoms with van der Waals surface area (Å²) < 4.78 is 5.38. The molecule has 0 aromatic heterocycles. The van der Waals surface area contributed by atoms with Crippen LogP contribution in [0.3, 0.4) is 0 Å². The van der Waals surface area contributed by atoms with Crippen LogP contribution in [0, 0.1) is 5.92 Å². The van der Waals surface area contributed by atoms with Crippen LogP contribution in [-0.2, 0) is 9.53 Å². The Balaban J connectivity index is 1.86. The summed E-state index contributed by atoms with van der Waals surface area (Å²) in [6, 6.07) is 0.213. The Labute approximate surface area is 97.1 Å². The molecule has 1 aliphatic heterocycles. The van der Waals surface area contributed by atoms with Crippen LogP contribution >= 0.6 is 0 Å². The van der Waals surface area contributed by atoms with E-state index in [0.717, 1.165) is 32.2 Å². The molecule has 1 saturated heterocycles. The van der Waals surface area contributed by atoms with Crippen LogP contribution < -0.4 is 10.6 Å². The van der Waals surface area contributed by atoms with E-state index in [4.69, 9.17) is 4.74 Å². The molecular weight excluding hydrogens is 204 g/mol. The summed E-state index contributed by atoms with van der Waals surface area (Å²) in [6.45, 7) is 3.09. The van der Waals surface area contributed by atoms with Crippen molar-refractivity contribution in [3.8, 4) is 0 Å². The van der Waals surface area contributed by atoms with Gasteiger partial charge in [-0.1, -0.05) is 6.92 Å². The molecule has 2 rings (SSSR count). The maximum Gasteiger partial charge on any atom is 0.237 e. The molecule has 1 aliphatic carbocycles. The standard InChI is InChI=1S/C12H22N2O2/c1-8-6-7-13-11(8)12(15)14-9-4-3-5-10(9)16-2/h8-11,13H,3-7H2,1-2H3,(H,14,15). The van der Waals surface area contributed by atoms with Crippen LogP contribution in [0.15, 0.2) is 0 Å². The van der Waals surface area contributed by atoms with Crippen molar-refractivity contribution in [2.45, 2.75) is 50.8 Å². The highest BCUT2D eigenvalue weighted by Gasteiger charge is 2.34. The minimum Gasteiger partial charge on any atom is -0.379 e. The molecule has 4 unspecified atom stereocenters. The van der Waals surface area contributed by atoms with E-state index in [0.29, 0.717) is 5.92 Å². The van der Waals surface area contributed by atoms with Gasteiger partial charge in [-0.25, -0.2) is 0 Å². The number of rotatable bonds is 3. The van der Waals surface area contributed by atoms with Gasteiger partial charge in [0.25, 0.3) is 0 Å². The molecule has 0 aromatic rings. The number of hydrogen-bond acceptors (Lipinski definition) is 3. The van der Waals surface area contributed by atoms with Gasteiger partial charge >= 0.3 is 0 Å². The van der Waals surface area contributed by atoms with Crippen LogP contribution in [-0.4, -0.2) is 37.7 Å². The summed E-state index contributed by atoms with van der Waals surface area (Å²) in [7, 11) is 1.73. The second-order valence-corrected chi connectivity index (χ2v) is 5.02. The van der Waals surface area contributed by atoms with Gasteiger partial charge in [0.15, 0.2) is 0 Å². The predicted octanol–water partition coefficient (Wildman–Crippen LogP) is 0.668. The van der Waals surface area contributed by atoms with E-state index in [-0.39, 0.29) is 24.1 Å². The molecule has 1 saturated carbocycles. The average Bonchev–Trinajstić information content (AvgIpc) is 2.86. The Kier molecular flexibility index (Phi) is 3.82. The topological polar surface area (TPSA) is 50.4 Å². The number of amides is 1. The second kappa shape index (κ2) is 5.15. The molecule has 92 valence electrons. The van der Waals surface area contributed by atoms with Gasteiger partial charge in [-0.15, -0.1) is 0 Å². The lowest BCUT2D eigenvalue weighted by molar-refractivity contribution is -0.125. The Morgan fingerprint density at radius 3 is 2.81 bits per heavy atom. The van der Waals surface area contributed by atoms with Gasteiger partial charge in [0, 0.05) is 7.11 Å². The smallest absolute Gasteiger partial charge is 0.237 e. The van der Waals surface area contributed by atoms with Crippen molar-refractivity contribution in [2.75, 3.05) is 13.7 Å². The van der Waals surface area contributed by atoms with Gasteiger partial charge < -0.3 is 15.4 Å². The number of carbonyl (C=O) groups excluding carboxylic acids is 1. The van der Waals surface area contributed by atoms with Gasteiger partial charge in [0.1, 0.15) is 0 Å². The monoisotopic (exact) mass is 226 g/mol. The zero-order valence-corrected chi connectivity index (χ0v) is 10.2. The van der Waals surface area contributed by atoms with E-state index in [1.165, 1.54) is 0 Å². The molecule has 0 spiro atoms. The first-order chi connectivity index (χ1) is 7.72. The summed E-state index contributed by atoms with van der Waals surface area (Å²) >= 11 is 0. The molecule has 0 aromatic carbocycles. The largest absolute Gasteiger partial charge is 0.379 e. The van der Waals surface area contributed by atoms with Crippen molar-refractivity contribution in [1.82, 2.24) is 10.6 Å².